The first-order valence-electron chi connectivity index (χ1n) is 11.0. The highest BCUT2D eigenvalue weighted by molar-refractivity contribution is 6.02. The summed E-state index contributed by atoms with van der Waals surface area (Å²) in [6.07, 6.45) is -1.83. The first-order chi connectivity index (χ1) is 16.6. The number of nitrogens with zero attached hydrogens (tertiary/aromatic N) is 3. The Bertz CT molecular complexity index is 1300. The summed E-state index contributed by atoms with van der Waals surface area (Å²) < 4.78 is 57.8. The van der Waals surface area contributed by atoms with Gasteiger partial charge >= 0.3 is 6.18 Å². The molecule has 2 aromatic rings. The van der Waals surface area contributed by atoms with E-state index in [1.165, 1.54) is 24.1 Å². The van der Waals surface area contributed by atoms with Crippen LogP contribution >= 0.6 is 0 Å². The molecule has 2 aliphatic heterocycles. The quantitative estimate of drug-likeness (QED) is 0.531. The van der Waals surface area contributed by atoms with E-state index in [1.807, 2.05) is 0 Å². The van der Waals surface area contributed by atoms with E-state index in [4.69, 9.17) is 0 Å². The van der Waals surface area contributed by atoms with Crippen molar-refractivity contribution in [3.63, 3.8) is 0 Å². The monoisotopic (exact) mass is 488 g/mol. The van der Waals surface area contributed by atoms with Gasteiger partial charge in [-0.2, -0.15) is 13.2 Å². The van der Waals surface area contributed by atoms with Gasteiger partial charge in [-0.3, -0.25) is 19.7 Å². The summed E-state index contributed by atoms with van der Waals surface area (Å²) in [4.78, 5) is 41.8. The molecule has 3 heterocycles. The molecule has 1 aromatic heterocycles. The van der Waals surface area contributed by atoms with Gasteiger partial charge in [-0.15, -0.1) is 0 Å². The Labute approximate surface area is 197 Å². The fraction of sp³-hybridized carbons (Fsp3) is 0.333. The van der Waals surface area contributed by atoms with E-state index in [9.17, 15) is 27.6 Å². The van der Waals surface area contributed by atoms with Crippen LogP contribution in [-0.4, -0.2) is 44.8 Å². The van der Waals surface area contributed by atoms with Gasteiger partial charge in [0.1, 0.15) is 11.9 Å². The summed E-state index contributed by atoms with van der Waals surface area (Å²) in [6, 6.07) is 7.34. The number of aromatic nitrogens is 2. The number of alkyl halides is 3. The first kappa shape index (κ1) is 23.0. The number of carbonyl (C=O) groups is 3. The first-order valence-corrected chi connectivity index (χ1v) is 11.0. The summed E-state index contributed by atoms with van der Waals surface area (Å²) in [5, 5.41) is 2.19. The molecule has 1 aliphatic carbocycles. The number of imide groups is 1. The molecular formula is C24H20F4N4O3. The van der Waals surface area contributed by atoms with Crippen LogP contribution in [-0.2, 0) is 27.6 Å². The van der Waals surface area contributed by atoms with Crippen LogP contribution in [0.1, 0.15) is 24.4 Å². The minimum Gasteiger partial charge on any atom is -0.329 e. The maximum atomic E-state index is 15.9. The number of hydrogen-bond donors (Lipinski definition) is 1. The van der Waals surface area contributed by atoms with Gasteiger partial charge in [-0.25, -0.2) is 9.37 Å². The van der Waals surface area contributed by atoms with E-state index >= 15 is 4.39 Å². The Hall–Kier alpha value is -3.76. The molecule has 2 saturated heterocycles. The fourth-order valence-electron chi connectivity index (χ4n) is 5.03. The predicted octanol–water partition coefficient (Wildman–Crippen LogP) is 3.24. The van der Waals surface area contributed by atoms with Crippen LogP contribution in [0.25, 0.3) is 16.8 Å². The maximum absolute atomic E-state index is 15.9. The molecule has 182 valence electrons. The molecule has 5 rings (SSSR count). The van der Waals surface area contributed by atoms with Crippen LogP contribution in [0.2, 0.25) is 0 Å². The van der Waals surface area contributed by atoms with E-state index in [1.54, 1.807) is 30.3 Å². The summed E-state index contributed by atoms with van der Waals surface area (Å²) >= 11 is 0. The molecule has 7 nitrogen and oxygen atoms in total. The lowest BCUT2D eigenvalue weighted by molar-refractivity contribution is -0.146. The second kappa shape index (κ2) is 8.17. The zero-order valence-electron chi connectivity index (χ0n) is 18.5. The third-order valence-electron chi connectivity index (χ3n) is 6.69. The van der Waals surface area contributed by atoms with Crippen LogP contribution in [0.15, 0.2) is 48.3 Å². The molecular weight excluding hydrogens is 468 g/mol. The fourth-order valence-corrected chi connectivity index (χ4v) is 5.03. The van der Waals surface area contributed by atoms with Crippen LogP contribution in [0.3, 0.4) is 0 Å². The number of likely N-dealkylation sites (tertiary alicyclic amines) is 1. The molecule has 3 unspecified atom stereocenters. The van der Waals surface area contributed by atoms with Crippen molar-refractivity contribution >= 4 is 23.3 Å². The predicted molar refractivity (Wildman–Crippen MR) is 116 cm³/mol. The highest BCUT2D eigenvalue weighted by atomic mass is 19.4. The lowest BCUT2D eigenvalue weighted by Gasteiger charge is -2.29. The minimum atomic E-state index is -4.76. The van der Waals surface area contributed by atoms with Gasteiger partial charge in [0.15, 0.2) is 0 Å². The van der Waals surface area contributed by atoms with E-state index < -0.39 is 53.4 Å². The number of halogens is 4. The van der Waals surface area contributed by atoms with Crippen molar-refractivity contribution in [2.24, 2.45) is 18.9 Å². The average Bonchev–Trinajstić information content (AvgIpc) is 3.32. The van der Waals surface area contributed by atoms with Crippen molar-refractivity contribution in [1.29, 1.82) is 0 Å². The topological polar surface area (TPSA) is 84.3 Å². The van der Waals surface area contributed by atoms with Gasteiger partial charge in [-0.1, -0.05) is 42.5 Å². The standard InChI is InChI=1S/C24H20F4N4O3/c1-31-20(12-5-3-2-4-6-12)19(30-23(31)24(26,27)28)14-8-7-13-15(18(14)25)11-32(22(13)35)16-9-10-17(33)29-21(16)34/h2-8,13,15-16H,9-11H2,1H3,(H,29,33,34). The van der Waals surface area contributed by atoms with Crippen molar-refractivity contribution in [1.82, 2.24) is 19.8 Å². The van der Waals surface area contributed by atoms with E-state index in [-0.39, 0.29) is 36.3 Å². The zero-order chi connectivity index (χ0) is 25.1. The van der Waals surface area contributed by atoms with Crippen molar-refractivity contribution in [2.45, 2.75) is 25.1 Å². The van der Waals surface area contributed by atoms with Gasteiger partial charge in [0.05, 0.1) is 17.3 Å². The molecule has 11 heteroatoms. The summed E-state index contributed by atoms with van der Waals surface area (Å²) in [7, 11) is 1.22. The van der Waals surface area contributed by atoms with Crippen molar-refractivity contribution in [3.05, 3.63) is 59.8 Å². The zero-order valence-corrected chi connectivity index (χ0v) is 18.5. The molecule has 3 aliphatic rings. The smallest absolute Gasteiger partial charge is 0.329 e. The lowest BCUT2D eigenvalue weighted by Crippen LogP contribution is -2.53. The van der Waals surface area contributed by atoms with E-state index in [0.29, 0.717) is 5.56 Å². The largest absolute Gasteiger partial charge is 0.449 e. The molecule has 2 fully saturated rings. The number of amides is 3. The third kappa shape index (κ3) is 3.75. The van der Waals surface area contributed by atoms with Gasteiger partial charge < -0.3 is 9.47 Å². The normalized spacial score (nSPS) is 24.8. The summed E-state index contributed by atoms with van der Waals surface area (Å²) in [5.74, 6) is -5.32. The molecule has 3 amide bonds. The van der Waals surface area contributed by atoms with Crippen LogP contribution in [0.5, 0.6) is 0 Å². The highest BCUT2D eigenvalue weighted by Crippen LogP contribution is 2.44. The van der Waals surface area contributed by atoms with Crippen molar-refractivity contribution in [3.8, 4) is 11.3 Å². The van der Waals surface area contributed by atoms with Gasteiger partial charge in [0.25, 0.3) is 0 Å². The molecule has 0 bridgehead atoms. The number of hydrogen-bond acceptors (Lipinski definition) is 4. The van der Waals surface area contributed by atoms with Crippen molar-refractivity contribution in [2.75, 3.05) is 6.54 Å². The van der Waals surface area contributed by atoms with Gasteiger partial charge in [0.2, 0.25) is 23.5 Å². The average molecular weight is 488 g/mol. The Kier molecular flexibility index (Phi) is 5.37. The number of carbonyl (C=O) groups excluding carboxylic acids is 3. The number of rotatable bonds is 3. The maximum Gasteiger partial charge on any atom is 0.449 e. The Morgan fingerprint density at radius 3 is 2.49 bits per heavy atom. The Morgan fingerprint density at radius 2 is 1.83 bits per heavy atom. The van der Waals surface area contributed by atoms with Gasteiger partial charge in [-0.05, 0) is 6.42 Å². The Balaban J connectivity index is 1.56. The number of imidazole rings is 1. The second-order valence-corrected chi connectivity index (χ2v) is 8.77. The van der Waals surface area contributed by atoms with E-state index in [2.05, 4.69) is 10.3 Å². The van der Waals surface area contributed by atoms with Crippen LogP contribution < -0.4 is 5.32 Å². The molecule has 0 radical (unpaired) electrons. The van der Waals surface area contributed by atoms with E-state index in [0.717, 1.165) is 4.57 Å². The van der Waals surface area contributed by atoms with Crippen LogP contribution in [0, 0.1) is 11.8 Å². The molecule has 35 heavy (non-hydrogen) atoms. The molecule has 0 spiro atoms. The van der Waals surface area contributed by atoms with Crippen LogP contribution in [0.4, 0.5) is 17.6 Å². The molecule has 3 atom stereocenters. The lowest BCUT2D eigenvalue weighted by atomic mass is 9.85. The summed E-state index contributed by atoms with van der Waals surface area (Å²) in [5.41, 5.74) is 0.216. The van der Waals surface area contributed by atoms with Gasteiger partial charge in [0, 0.05) is 37.1 Å². The molecule has 0 saturated carbocycles. The third-order valence-corrected chi connectivity index (χ3v) is 6.69. The highest BCUT2D eigenvalue weighted by Gasteiger charge is 2.49. The molecule has 1 N–H and O–H groups in total. The summed E-state index contributed by atoms with van der Waals surface area (Å²) in [6.45, 7) is -0.130. The Morgan fingerprint density at radius 1 is 1.11 bits per heavy atom. The number of benzene rings is 1. The number of piperidine rings is 1. The SMILES string of the molecule is Cn1c(C(F)(F)F)nc(C2=C(F)C3CN(C4CCC(=O)NC4=O)C(=O)C3C=C2)c1-c1ccccc1. The number of nitrogens with one attached hydrogen (secondary N) is 1. The van der Waals surface area contributed by atoms with Crippen molar-refractivity contribution < 1.29 is 31.9 Å². The minimum absolute atomic E-state index is 0.0590. The number of allylic oxidation sites excluding steroid dienone is 2. The second-order valence-electron chi connectivity index (χ2n) is 8.77. The molecule has 1 aromatic carbocycles. The number of fused-ring (bicyclic) bond motifs is 1.